The Bertz CT molecular complexity index is 2300. The van der Waals surface area contributed by atoms with Gasteiger partial charge in [0.15, 0.2) is 5.16 Å². The maximum atomic E-state index is 14.7. The largest absolute Gasteiger partial charge is 0.416 e. The first-order valence-corrected chi connectivity index (χ1v) is 16.2. The molecule has 4 aromatic rings. The average molecular weight is 692 g/mol. The van der Waals surface area contributed by atoms with Crippen molar-refractivity contribution in [2.45, 2.75) is 70.2 Å². The van der Waals surface area contributed by atoms with Gasteiger partial charge in [0.1, 0.15) is 12.4 Å². The van der Waals surface area contributed by atoms with Crippen molar-refractivity contribution in [1.82, 2.24) is 19.4 Å². The van der Waals surface area contributed by atoms with Crippen LogP contribution in [0.4, 0.5) is 17.6 Å². The molecule has 5 rings (SSSR count). The second-order valence-corrected chi connectivity index (χ2v) is 11.9. The molecule has 0 N–H and O–H groups in total. The molecular weight excluding hydrogens is 640 g/mol. The molecule has 1 heterocycles. The van der Waals surface area contributed by atoms with E-state index in [1.165, 1.54) is 35.8 Å². The van der Waals surface area contributed by atoms with Crippen molar-refractivity contribution in [1.29, 1.82) is 0 Å². The number of halogens is 4. The lowest BCUT2D eigenvalue weighted by atomic mass is 9.98. The van der Waals surface area contributed by atoms with Crippen molar-refractivity contribution in [3.63, 3.8) is 0 Å². The molecule has 0 saturated carbocycles. The predicted octanol–water partition coefficient (Wildman–Crippen LogP) is 7.53. The SMILES string of the molecule is [2H]c1c([2H])c(-c2c([2H])c([2H])c(C(F)(F)F)c([2H])c2[2H])c([2H])c(C)c1CN(C(=O)Cn1c(SCc2ccc(F)cc2)nc(=O)c2c1CCC2)C([2H])([2H])C([2H])([2H])N(CC)CC. The van der Waals surface area contributed by atoms with Gasteiger partial charge < -0.3 is 14.4 Å². The Kier molecular flexibility index (Phi) is 7.56. The molecule has 0 saturated heterocycles. The van der Waals surface area contributed by atoms with Crippen LogP contribution in [0.15, 0.2) is 76.5 Å². The molecule has 0 radical (unpaired) electrons. The molecule has 254 valence electrons. The zero-order valence-electron chi connectivity index (χ0n) is 37.5. The number of amides is 1. The molecule has 11 heteroatoms. The number of rotatable bonds is 13. The van der Waals surface area contributed by atoms with Crippen LogP contribution in [0.1, 0.15) is 68.9 Å². The summed E-state index contributed by atoms with van der Waals surface area (Å²) in [4.78, 5) is 33.7. The Morgan fingerprint density at radius 1 is 1.02 bits per heavy atom. The fourth-order valence-electron chi connectivity index (χ4n) is 5.06. The molecule has 48 heavy (non-hydrogen) atoms. The number of alkyl halides is 3. The van der Waals surface area contributed by atoms with Crippen molar-refractivity contribution in [3.8, 4) is 11.1 Å². The van der Waals surface area contributed by atoms with Gasteiger partial charge in [0.05, 0.1) is 17.9 Å². The number of hydrogen-bond donors (Lipinski definition) is 0. The highest BCUT2D eigenvalue weighted by Crippen LogP contribution is 2.32. The lowest BCUT2D eigenvalue weighted by Gasteiger charge is -2.28. The number of carbonyl (C=O) groups excluding carboxylic acids is 1. The van der Waals surface area contributed by atoms with Crippen LogP contribution >= 0.6 is 11.8 Å². The zero-order chi connectivity index (χ0) is 44.1. The molecule has 0 bridgehead atoms. The van der Waals surface area contributed by atoms with E-state index in [4.69, 9.17) is 12.3 Å². The Labute approximate surface area is 298 Å². The normalized spacial score (nSPS) is 16.7. The number of nitrogens with zero attached hydrogens (tertiary/aromatic N) is 4. The predicted molar refractivity (Wildman–Crippen MR) is 181 cm³/mol. The van der Waals surface area contributed by atoms with Crippen LogP contribution in [0.3, 0.4) is 0 Å². The first-order valence-electron chi connectivity index (χ1n) is 20.7. The summed E-state index contributed by atoms with van der Waals surface area (Å²) in [6, 6.07) is -2.18. The fraction of sp³-hybridized carbons (Fsp3) is 0.378. The van der Waals surface area contributed by atoms with Gasteiger partial charge in [0.25, 0.3) is 5.56 Å². The van der Waals surface area contributed by atoms with E-state index in [0.717, 1.165) is 16.7 Å². The molecule has 0 fully saturated rings. The molecule has 3 aromatic carbocycles. The first-order chi connectivity index (χ1) is 27.4. The van der Waals surface area contributed by atoms with E-state index in [9.17, 15) is 29.9 Å². The lowest BCUT2D eigenvalue weighted by molar-refractivity contribution is -0.137. The van der Waals surface area contributed by atoms with Gasteiger partial charge in [-0.15, -0.1) is 0 Å². The maximum absolute atomic E-state index is 14.7. The van der Waals surface area contributed by atoms with Gasteiger partial charge >= 0.3 is 6.18 Å². The van der Waals surface area contributed by atoms with Crippen LogP contribution in [0.2, 0.25) is 0 Å². The van der Waals surface area contributed by atoms with Crippen molar-refractivity contribution in [2.75, 3.05) is 26.1 Å². The summed E-state index contributed by atoms with van der Waals surface area (Å²) in [6.07, 6.45) is -4.00. The molecule has 0 unspecified atom stereocenters. The topological polar surface area (TPSA) is 58.4 Å². The number of fused-ring (bicyclic) bond motifs is 1. The quantitative estimate of drug-likeness (QED) is 0.0825. The molecule has 0 spiro atoms. The second kappa shape index (κ2) is 15.5. The molecule has 1 amide bonds. The number of benzene rings is 3. The molecule has 1 aliphatic carbocycles. The third kappa shape index (κ3) is 8.54. The second-order valence-electron chi connectivity index (χ2n) is 11.0. The van der Waals surface area contributed by atoms with Crippen molar-refractivity contribution < 1.29 is 37.4 Å². The molecular formula is C37H40F4N4O2S. The summed E-state index contributed by atoms with van der Waals surface area (Å²) >= 11 is 1.07. The van der Waals surface area contributed by atoms with Gasteiger partial charge in [-0.3, -0.25) is 9.59 Å². The third-order valence-corrected chi connectivity index (χ3v) is 8.81. The van der Waals surface area contributed by atoms with E-state index in [1.54, 1.807) is 13.8 Å². The van der Waals surface area contributed by atoms with Gasteiger partial charge in [0, 0.05) is 39.3 Å². The monoisotopic (exact) mass is 691 g/mol. The number of thioether (sulfide) groups is 1. The van der Waals surface area contributed by atoms with E-state index in [-0.39, 0.29) is 35.1 Å². The third-order valence-electron chi connectivity index (χ3n) is 7.76. The Morgan fingerprint density at radius 3 is 2.38 bits per heavy atom. The van der Waals surface area contributed by atoms with Crippen LogP contribution < -0.4 is 5.56 Å². The van der Waals surface area contributed by atoms with E-state index in [0.29, 0.717) is 41.0 Å². The first kappa shape index (κ1) is 23.4. The zero-order valence-corrected chi connectivity index (χ0v) is 27.3. The molecule has 0 atom stereocenters. The highest BCUT2D eigenvalue weighted by molar-refractivity contribution is 7.98. The van der Waals surface area contributed by atoms with Gasteiger partial charge in [-0.2, -0.15) is 18.2 Å². The Hall–Kier alpha value is -3.96. The number of hydrogen-bond acceptors (Lipinski definition) is 5. The smallest absolute Gasteiger partial charge is 0.336 e. The lowest BCUT2D eigenvalue weighted by Crippen LogP contribution is -2.40. The van der Waals surface area contributed by atoms with E-state index in [1.807, 2.05) is 0 Å². The van der Waals surface area contributed by atoms with E-state index in [2.05, 4.69) is 4.98 Å². The molecule has 6 nitrogen and oxygen atoms in total. The molecule has 1 aromatic heterocycles. The summed E-state index contributed by atoms with van der Waals surface area (Å²) in [5, 5.41) is 0.0839. The highest BCUT2D eigenvalue weighted by atomic mass is 32.2. The van der Waals surface area contributed by atoms with E-state index >= 15 is 0 Å². The van der Waals surface area contributed by atoms with Gasteiger partial charge in [-0.25, -0.2) is 4.39 Å². The number of aromatic nitrogens is 2. The average Bonchev–Trinajstić information content (AvgIpc) is 3.66. The molecule has 0 aliphatic heterocycles. The summed E-state index contributed by atoms with van der Waals surface area (Å²) in [6.45, 7) is -3.27. The van der Waals surface area contributed by atoms with Gasteiger partial charge in [-0.05, 0) is 91.3 Å². The van der Waals surface area contributed by atoms with Gasteiger partial charge in [-0.1, -0.05) is 68.0 Å². The van der Waals surface area contributed by atoms with Crippen LogP contribution in [0.5, 0.6) is 0 Å². The highest BCUT2D eigenvalue weighted by Gasteiger charge is 2.30. The van der Waals surface area contributed by atoms with E-state index < -0.39 is 109 Å². The minimum atomic E-state index is -5.27. The minimum Gasteiger partial charge on any atom is -0.336 e. The van der Waals surface area contributed by atoms with Gasteiger partial charge in [0.2, 0.25) is 5.91 Å². The van der Waals surface area contributed by atoms with Crippen LogP contribution in [0.25, 0.3) is 11.1 Å². The summed E-state index contributed by atoms with van der Waals surface area (Å²) in [5.41, 5.74) is -2.96. The van der Waals surface area contributed by atoms with Crippen LogP contribution in [0, 0.1) is 12.7 Å². The fourth-order valence-corrected chi connectivity index (χ4v) is 6.02. The van der Waals surface area contributed by atoms with Crippen LogP contribution in [-0.2, 0) is 42.7 Å². The standard InChI is InChI=1S/C37H40F4N4O2S/c1-4-43(5-2)19-20-44(22-29-12-11-28(21-25(29)3)27-13-15-30(16-14-27)37(39,40)41)34(46)23-45-33-8-6-7-32(33)35(47)42-36(45)48-24-26-9-17-31(38)18-10-26/h9-18,21H,4-8,19-20,22-24H2,1-3H3/i11D,12D,13D,14D,15D,16D,19D2,20D2,21D. The maximum Gasteiger partial charge on any atom is 0.416 e. The minimum absolute atomic E-state index is 0.00549. The molecule has 1 aliphatic rings. The Morgan fingerprint density at radius 2 is 1.71 bits per heavy atom. The summed E-state index contributed by atoms with van der Waals surface area (Å²) in [7, 11) is 0. The van der Waals surface area contributed by atoms with Crippen molar-refractivity contribution in [3.05, 3.63) is 116 Å². The number of carbonyl (C=O) groups is 1. The van der Waals surface area contributed by atoms with Crippen LogP contribution in [-0.4, -0.2) is 51.3 Å². The summed E-state index contributed by atoms with van der Waals surface area (Å²) in [5.74, 6) is -1.31. The van der Waals surface area contributed by atoms with Crippen molar-refractivity contribution >= 4 is 17.7 Å². The Balaban J connectivity index is 1.67. The number of likely N-dealkylation sites (N-methyl/N-ethyl adjacent to an activating group) is 1. The summed E-state index contributed by atoms with van der Waals surface area (Å²) < 4.78 is 152. The van der Waals surface area contributed by atoms with Crippen molar-refractivity contribution in [2.24, 2.45) is 0 Å².